The van der Waals surface area contributed by atoms with Crippen LogP contribution in [-0.4, -0.2) is 48.7 Å². The molecule has 30 heavy (non-hydrogen) atoms. The summed E-state index contributed by atoms with van der Waals surface area (Å²) >= 11 is 0. The number of nitrogens with one attached hydrogen (secondary N) is 1. The highest BCUT2D eigenvalue weighted by Crippen LogP contribution is 2.32. The molecule has 1 N–H and O–H groups in total. The average Bonchev–Trinajstić information content (AvgIpc) is 3.08. The Morgan fingerprint density at radius 3 is 2.77 bits per heavy atom. The second kappa shape index (κ2) is 8.82. The fraction of sp³-hybridized carbons (Fsp3) is 0.421. The Morgan fingerprint density at radius 1 is 1.33 bits per heavy atom. The molecular weight excluding hydrogens is 410 g/mol. The number of hydrogen-bond acceptors (Lipinski definition) is 5. The van der Waals surface area contributed by atoms with Gasteiger partial charge in [0, 0.05) is 37.7 Å². The molecule has 1 aromatic carbocycles. The van der Waals surface area contributed by atoms with Crippen molar-refractivity contribution in [3.05, 3.63) is 52.2 Å². The predicted molar refractivity (Wildman–Crippen MR) is 94.9 cm³/mol. The molecule has 11 heteroatoms. The monoisotopic (exact) mass is 429 g/mol. The maximum atomic E-state index is 13.8. The Bertz CT molecular complexity index is 942. The van der Waals surface area contributed by atoms with Crippen LogP contribution in [0.3, 0.4) is 0 Å². The third kappa shape index (κ3) is 4.78. The average molecular weight is 429 g/mol. The Morgan fingerprint density at radius 2 is 2.10 bits per heavy atom. The molecule has 0 bridgehead atoms. The molecule has 7 nitrogen and oxygen atoms in total. The molecule has 2 aromatic rings. The van der Waals surface area contributed by atoms with Crippen LogP contribution >= 0.6 is 0 Å². The van der Waals surface area contributed by atoms with E-state index in [1.807, 2.05) is 0 Å². The molecule has 0 unspecified atom stereocenters. The fourth-order valence-corrected chi connectivity index (χ4v) is 3.14. The molecule has 0 fully saturated rings. The number of methoxy groups -OCH3 is 1. The zero-order valence-corrected chi connectivity index (χ0v) is 16.0. The van der Waals surface area contributed by atoms with E-state index in [0.29, 0.717) is 48.7 Å². The summed E-state index contributed by atoms with van der Waals surface area (Å²) in [5.41, 5.74) is -0.681. The number of amides is 2. The van der Waals surface area contributed by atoms with Crippen molar-refractivity contribution in [1.82, 2.24) is 15.4 Å². The maximum Gasteiger partial charge on any atom is 0.419 e. The highest BCUT2D eigenvalue weighted by atomic mass is 19.4. The first-order chi connectivity index (χ1) is 14.2. The van der Waals surface area contributed by atoms with Crippen LogP contribution in [0.5, 0.6) is 0 Å². The molecule has 0 aliphatic carbocycles. The van der Waals surface area contributed by atoms with Gasteiger partial charge in [0.1, 0.15) is 11.6 Å². The largest absolute Gasteiger partial charge is 0.419 e. The van der Waals surface area contributed by atoms with Crippen molar-refractivity contribution >= 4 is 11.8 Å². The number of rotatable bonds is 6. The lowest BCUT2D eigenvalue weighted by Crippen LogP contribution is -2.36. The highest BCUT2D eigenvalue weighted by molar-refractivity contribution is 5.94. The van der Waals surface area contributed by atoms with Gasteiger partial charge in [-0.15, -0.1) is 0 Å². The van der Waals surface area contributed by atoms with Gasteiger partial charge in [-0.25, -0.2) is 4.39 Å². The highest BCUT2D eigenvalue weighted by Gasteiger charge is 2.35. The van der Waals surface area contributed by atoms with Crippen LogP contribution in [-0.2, 0) is 35.1 Å². The second-order valence-corrected chi connectivity index (χ2v) is 6.72. The van der Waals surface area contributed by atoms with Crippen LogP contribution in [0, 0.1) is 5.82 Å². The first-order valence-electron chi connectivity index (χ1n) is 9.08. The summed E-state index contributed by atoms with van der Waals surface area (Å²) in [5.74, 6) is -1.89. The zero-order chi connectivity index (χ0) is 21.9. The number of benzene rings is 1. The Kier molecular flexibility index (Phi) is 6.40. The summed E-state index contributed by atoms with van der Waals surface area (Å²) in [6.07, 6.45) is -4.57. The lowest BCUT2D eigenvalue weighted by atomic mass is 10.0. The first-order valence-corrected chi connectivity index (χ1v) is 9.08. The van der Waals surface area contributed by atoms with E-state index >= 15 is 0 Å². The number of fused-ring (bicyclic) bond motifs is 1. The Labute approximate surface area is 169 Å². The molecular formula is C19H19F4N3O4. The minimum absolute atomic E-state index is 0.0561. The predicted octanol–water partition coefficient (Wildman–Crippen LogP) is 2.34. The third-order valence-electron chi connectivity index (χ3n) is 4.67. The maximum absolute atomic E-state index is 13.8. The lowest BCUT2D eigenvalue weighted by Gasteiger charge is -2.26. The van der Waals surface area contributed by atoms with E-state index in [1.54, 1.807) is 0 Å². The number of carbonyl (C=O) groups excluding carboxylic acids is 2. The van der Waals surface area contributed by atoms with Crippen molar-refractivity contribution in [2.45, 2.75) is 25.6 Å². The number of aromatic nitrogens is 1. The summed E-state index contributed by atoms with van der Waals surface area (Å²) < 4.78 is 62.1. The minimum Gasteiger partial charge on any atom is -0.383 e. The van der Waals surface area contributed by atoms with Crippen LogP contribution in [0.4, 0.5) is 17.6 Å². The van der Waals surface area contributed by atoms with E-state index in [2.05, 4.69) is 10.5 Å². The van der Waals surface area contributed by atoms with E-state index in [0.717, 1.165) is 6.07 Å². The summed E-state index contributed by atoms with van der Waals surface area (Å²) in [5, 5.41) is 6.55. The molecule has 3 rings (SSSR count). The summed E-state index contributed by atoms with van der Waals surface area (Å²) in [4.78, 5) is 26.0. The topological polar surface area (TPSA) is 84.7 Å². The smallest absolute Gasteiger partial charge is 0.383 e. The number of alkyl halides is 3. The van der Waals surface area contributed by atoms with Gasteiger partial charge in [-0.2, -0.15) is 13.2 Å². The van der Waals surface area contributed by atoms with Gasteiger partial charge in [0.15, 0.2) is 0 Å². The van der Waals surface area contributed by atoms with Crippen LogP contribution in [0.1, 0.15) is 32.9 Å². The summed E-state index contributed by atoms with van der Waals surface area (Å²) in [6.45, 7) is 0.970. The molecule has 2 amide bonds. The van der Waals surface area contributed by atoms with Gasteiger partial charge in [-0.1, -0.05) is 5.16 Å². The van der Waals surface area contributed by atoms with Gasteiger partial charge in [0.25, 0.3) is 5.91 Å². The molecule has 0 spiro atoms. The van der Waals surface area contributed by atoms with E-state index in [9.17, 15) is 27.2 Å². The fourth-order valence-electron chi connectivity index (χ4n) is 3.14. The third-order valence-corrected chi connectivity index (χ3v) is 4.67. The van der Waals surface area contributed by atoms with Crippen LogP contribution in [0.25, 0.3) is 0 Å². The SMILES string of the molecule is COCCNC(=O)Cc1noc2c1CN(C(=O)c1ccc(C(F)(F)F)c(F)c1)CC2. The Hall–Kier alpha value is -2.95. The van der Waals surface area contributed by atoms with Crippen LogP contribution in [0.2, 0.25) is 0 Å². The molecule has 0 saturated heterocycles. The molecule has 2 heterocycles. The van der Waals surface area contributed by atoms with Gasteiger partial charge in [0.05, 0.1) is 30.8 Å². The minimum atomic E-state index is -4.84. The van der Waals surface area contributed by atoms with Crippen molar-refractivity contribution in [1.29, 1.82) is 0 Å². The van der Waals surface area contributed by atoms with E-state index in [-0.39, 0.29) is 31.0 Å². The molecule has 1 aliphatic rings. The van der Waals surface area contributed by atoms with Crippen LogP contribution < -0.4 is 5.32 Å². The summed E-state index contributed by atoms with van der Waals surface area (Å²) in [7, 11) is 1.51. The molecule has 1 aromatic heterocycles. The molecule has 162 valence electrons. The van der Waals surface area contributed by atoms with Gasteiger partial charge in [0.2, 0.25) is 5.91 Å². The molecule has 1 aliphatic heterocycles. The van der Waals surface area contributed by atoms with Crippen molar-refractivity contribution in [3.8, 4) is 0 Å². The Balaban J connectivity index is 1.72. The number of nitrogens with zero attached hydrogens (tertiary/aromatic N) is 2. The van der Waals surface area contributed by atoms with E-state index in [4.69, 9.17) is 9.26 Å². The van der Waals surface area contributed by atoms with Gasteiger partial charge in [-0.3, -0.25) is 9.59 Å². The molecule has 0 atom stereocenters. The van der Waals surface area contributed by atoms with Crippen molar-refractivity contribution in [2.24, 2.45) is 0 Å². The van der Waals surface area contributed by atoms with Gasteiger partial charge < -0.3 is 19.5 Å². The second-order valence-electron chi connectivity index (χ2n) is 6.72. The number of halogens is 4. The zero-order valence-electron chi connectivity index (χ0n) is 16.0. The summed E-state index contributed by atoms with van der Waals surface area (Å²) in [6, 6.07) is 2.08. The normalized spacial score (nSPS) is 13.8. The van der Waals surface area contributed by atoms with Crippen molar-refractivity contribution in [2.75, 3.05) is 26.8 Å². The van der Waals surface area contributed by atoms with Crippen LogP contribution in [0.15, 0.2) is 22.7 Å². The number of carbonyl (C=O) groups is 2. The standard InChI is InChI=1S/C19H19F4N3O4/c1-29-7-5-24-17(27)9-15-12-10-26(6-4-16(12)30-25-15)18(28)11-2-3-13(14(20)8-11)19(21,22)23/h2-3,8H,4-7,9-10H2,1H3,(H,24,27). The van der Waals surface area contributed by atoms with E-state index in [1.165, 1.54) is 12.0 Å². The number of hydrogen-bond donors (Lipinski definition) is 1. The van der Waals surface area contributed by atoms with Gasteiger partial charge in [-0.05, 0) is 18.2 Å². The van der Waals surface area contributed by atoms with Gasteiger partial charge >= 0.3 is 6.18 Å². The molecule has 0 saturated carbocycles. The van der Waals surface area contributed by atoms with Crippen molar-refractivity contribution < 1.29 is 36.4 Å². The molecule has 0 radical (unpaired) electrons. The quantitative estimate of drug-likeness (QED) is 0.563. The van der Waals surface area contributed by atoms with Crippen molar-refractivity contribution in [3.63, 3.8) is 0 Å². The van der Waals surface area contributed by atoms with E-state index < -0.39 is 23.5 Å². The lowest BCUT2D eigenvalue weighted by molar-refractivity contribution is -0.140. The first kappa shape index (κ1) is 21.8. The number of ether oxygens (including phenoxy) is 1.